The molecule has 0 spiro atoms. The van der Waals surface area contributed by atoms with Crippen molar-refractivity contribution in [3.63, 3.8) is 0 Å². The van der Waals surface area contributed by atoms with E-state index in [0.717, 1.165) is 23.4 Å². The summed E-state index contributed by atoms with van der Waals surface area (Å²) in [6.45, 7) is 1.58. The van der Waals surface area contributed by atoms with E-state index in [0.29, 0.717) is 36.7 Å². The van der Waals surface area contributed by atoms with Crippen LogP contribution in [0, 0.1) is 0 Å². The minimum Gasteiger partial charge on any atom is -0.368 e. The van der Waals surface area contributed by atoms with Crippen LogP contribution in [0.5, 0.6) is 0 Å². The molecule has 2 atom stereocenters. The van der Waals surface area contributed by atoms with Crippen LogP contribution in [-0.2, 0) is 15.7 Å². The van der Waals surface area contributed by atoms with E-state index < -0.39 is 18.0 Å². The van der Waals surface area contributed by atoms with Crippen molar-refractivity contribution in [2.24, 2.45) is 0 Å². The minimum atomic E-state index is -4.56. The van der Waals surface area contributed by atoms with Crippen molar-refractivity contribution in [2.75, 3.05) is 19.7 Å². The fourth-order valence-electron chi connectivity index (χ4n) is 4.12. The van der Waals surface area contributed by atoms with Crippen molar-refractivity contribution in [2.45, 2.75) is 37.5 Å². The number of thiophene rings is 1. The first-order chi connectivity index (χ1) is 14.4. The monoisotopic (exact) mass is 436 g/mol. The molecule has 1 amide bonds. The maximum Gasteiger partial charge on any atom is 0.433 e. The number of ether oxygens (including phenoxy) is 1. The molecule has 5 rings (SSSR count). The van der Waals surface area contributed by atoms with Gasteiger partial charge in [0.2, 0.25) is 0 Å². The summed E-state index contributed by atoms with van der Waals surface area (Å²) in [6.07, 6.45) is -2.70. The number of rotatable bonds is 3. The number of hydrogen-bond donors (Lipinski definition) is 0. The maximum absolute atomic E-state index is 13.7. The quantitative estimate of drug-likeness (QED) is 0.624. The Labute approximate surface area is 174 Å². The first-order valence-corrected chi connectivity index (χ1v) is 10.7. The summed E-state index contributed by atoms with van der Waals surface area (Å²) in [7, 11) is 0. The molecule has 0 radical (unpaired) electrons. The van der Waals surface area contributed by atoms with E-state index >= 15 is 0 Å². The minimum absolute atomic E-state index is 0.0344. The molecule has 6 nitrogen and oxygen atoms in total. The normalized spacial score (nSPS) is 22.3. The van der Waals surface area contributed by atoms with E-state index in [9.17, 15) is 18.0 Å². The number of nitrogens with zero attached hydrogens (tertiary/aromatic N) is 4. The van der Waals surface area contributed by atoms with Gasteiger partial charge in [-0.15, -0.1) is 11.3 Å². The molecule has 158 valence electrons. The Morgan fingerprint density at radius 2 is 2.13 bits per heavy atom. The molecular weight excluding hydrogens is 417 g/mol. The summed E-state index contributed by atoms with van der Waals surface area (Å²) < 4.78 is 47.5. The van der Waals surface area contributed by atoms with E-state index in [4.69, 9.17) is 4.74 Å². The van der Waals surface area contributed by atoms with Gasteiger partial charge in [0, 0.05) is 31.7 Å². The van der Waals surface area contributed by atoms with Gasteiger partial charge in [-0.05, 0) is 36.8 Å². The van der Waals surface area contributed by atoms with E-state index in [1.165, 1.54) is 11.3 Å². The molecule has 2 fully saturated rings. The van der Waals surface area contributed by atoms with Crippen LogP contribution in [0.25, 0.3) is 16.2 Å². The zero-order valence-electron chi connectivity index (χ0n) is 15.9. The van der Waals surface area contributed by atoms with Gasteiger partial charge in [0.25, 0.3) is 5.91 Å². The smallest absolute Gasteiger partial charge is 0.368 e. The average molecular weight is 436 g/mol. The van der Waals surface area contributed by atoms with Gasteiger partial charge in [-0.25, -0.2) is 9.50 Å². The highest BCUT2D eigenvalue weighted by Crippen LogP contribution is 2.35. The lowest BCUT2D eigenvalue weighted by Gasteiger charge is -2.19. The van der Waals surface area contributed by atoms with Crippen molar-refractivity contribution in [3.8, 4) is 10.6 Å². The fourth-order valence-corrected chi connectivity index (χ4v) is 4.81. The zero-order valence-corrected chi connectivity index (χ0v) is 16.7. The largest absolute Gasteiger partial charge is 0.433 e. The summed E-state index contributed by atoms with van der Waals surface area (Å²) in [5, 5.41) is 6.04. The predicted molar refractivity (Wildman–Crippen MR) is 104 cm³/mol. The predicted octanol–water partition coefficient (Wildman–Crippen LogP) is 3.97. The third kappa shape index (κ3) is 3.47. The molecule has 2 saturated heterocycles. The van der Waals surface area contributed by atoms with E-state index in [-0.39, 0.29) is 23.2 Å². The van der Waals surface area contributed by atoms with Crippen molar-refractivity contribution in [1.29, 1.82) is 0 Å². The Balaban J connectivity index is 1.46. The Morgan fingerprint density at radius 1 is 1.27 bits per heavy atom. The molecule has 0 bridgehead atoms. The number of aromatic nitrogens is 3. The van der Waals surface area contributed by atoms with Crippen LogP contribution >= 0.6 is 11.3 Å². The van der Waals surface area contributed by atoms with E-state index in [1.807, 2.05) is 0 Å². The van der Waals surface area contributed by atoms with Gasteiger partial charge in [-0.3, -0.25) is 4.79 Å². The molecule has 0 N–H and O–H groups in total. The molecule has 0 aromatic carbocycles. The van der Waals surface area contributed by atoms with Crippen LogP contribution < -0.4 is 0 Å². The van der Waals surface area contributed by atoms with Crippen LogP contribution in [0.2, 0.25) is 0 Å². The van der Waals surface area contributed by atoms with Crippen molar-refractivity contribution in [3.05, 3.63) is 41.0 Å². The van der Waals surface area contributed by atoms with Gasteiger partial charge in [0.15, 0.2) is 11.3 Å². The van der Waals surface area contributed by atoms with Crippen LogP contribution in [0.3, 0.4) is 0 Å². The maximum atomic E-state index is 13.7. The second-order valence-electron chi connectivity index (χ2n) is 7.61. The van der Waals surface area contributed by atoms with Gasteiger partial charge < -0.3 is 9.64 Å². The number of carbonyl (C=O) groups excluding carboxylic acids is 1. The molecule has 30 heavy (non-hydrogen) atoms. The first-order valence-electron chi connectivity index (χ1n) is 9.82. The first kappa shape index (κ1) is 19.5. The zero-order chi connectivity index (χ0) is 20.9. The highest BCUT2D eigenvalue weighted by Gasteiger charge is 2.37. The number of hydrogen-bond acceptors (Lipinski definition) is 5. The number of amides is 1. The molecule has 10 heteroatoms. The Bertz CT molecular complexity index is 1070. The summed E-state index contributed by atoms with van der Waals surface area (Å²) in [5.41, 5.74) is 0.108. The molecule has 0 unspecified atom stereocenters. The summed E-state index contributed by atoms with van der Waals surface area (Å²) >= 11 is 1.34. The SMILES string of the molecule is O=C([C@H]1CCCO1)N1CC[C@H](c2cc3nc(-c4cccs4)cc(C(F)(F)F)n3n2)C1. The Kier molecular flexibility index (Phi) is 4.78. The third-order valence-corrected chi connectivity index (χ3v) is 6.53. The number of alkyl halides is 3. The molecule has 3 aromatic heterocycles. The van der Waals surface area contributed by atoms with E-state index in [1.54, 1.807) is 28.5 Å². The topological polar surface area (TPSA) is 59.7 Å². The highest BCUT2D eigenvalue weighted by molar-refractivity contribution is 7.13. The lowest BCUT2D eigenvalue weighted by atomic mass is 10.1. The van der Waals surface area contributed by atoms with E-state index in [2.05, 4.69) is 10.1 Å². The molecule has 5 heterocycles. The molecule has 0 aliphatic carbocycles. The van der Waals surface area contributed by atoms with Gasteiger partial charge >= 0.3 is 6.18 Å². The van der Waals surface area contributed by atoms with Crippen LogP contribution in [0.4, 0.5) is 13.2 Å². The molecule has 2 aliphatic heterocycles. The Morgan fingerprint density at radius 3 is 2.83 bits per heavy atom. The third-order valence-electron chi connectivity index (χ3n) is 5.63. The summed E-state index contributed by atoms with van der Waals surface area (Å²) in [6, 6.07) is 6.17. The lowest BCUT2D eigenvalue weighted by Crippen LogP contribution is -2.37. The van der Waals surface area contributed by atoms with Gasteiger partial charge in [0.1, 0.15) is 6.10 Å². The highest BCUT2D eigenvalue weighted by atomic mass is 32.1. The van der Waals surface area contributed by atoms with Crippen LogP contribution in [0.15, 0.2) is 29.6 Å². The number of likely N-dealkylation sites (tertiary alicyclic amines) is 1. The van der Waals surface area contributed by atoms with Crippen LogP contribution in [-0.4, -0.2) is 51.2 Å². The fraction of sp³-hybridized carbons (Fsp3) is 0.450. The summed E-state index contributed by atoms with van der Waals surface area (Å²) in [4.78, 5) is 19.4. The number of fused-ring (bicyclic) bond motifs is 1. The lowest BCUT2D eigenvalue weighted by molar-refractivity contribution is -0.142. The standard InChI is InChI=1S/C20H19F3N4O2S/c21-20(22,23)17-9-14(16-4-2-8-30-16)24-18-10-13(25-27(17)18)12-5-6-26(11-12)19(28)15-3-1-7-29-15/h2,4,8-10,12,15H,1,3,5-7,11H2/t12-,15+/m0/s1. The second-order valence-corrected chi connectivity index (χ2v) is 8.56. The number of halogens is 3. The molecule has 2 aliphatic rings. The second kappa shape index (κ2) is 7.35. The molecule has 0 saturated carbocycles. The summed E-state index contributed by atoms with van der Waals surface area (Å²) in [5.74, 6) is -0.156. The van der Waals surface area contributed by atoms with Crippen LogP contribution in [0.1, 0.15) is 36.6 Å². The van der Waals surface area contributed by atoms with Gasteiger partial charge in [-0.2, -0.15) is 18.3 Å². The van der Waals surface area contributed by atoms with Gasteiger partial charge in [0.05, 0.1) is 16.3 Å². The van der Waals surface area contributed by atoms with Crippen molar-refractivity contribution in [1.82, 2.24) is 19.5 Å². The Hall–Kier alpha value is -2.46. The van der Waals surface area contributed by atoms with Crippen molar-refractivity contribution >= 4 is 22.9 Å². The average Bonchev–Trinajstić information content (AvgIpc) is 3.52. The van der Waals surface area contributed by atoms with Gasteiger partial charge in [-0.1, -0.05) is 6.07 Å². The van der Waals surface area contributed by atoms with Crippen molar-refractivity contribution < 1.29 is 22.7 Å². The molecular formula is C20H19F3N4O2S. The number of carbonyl (C=O) groups is 1. The molecule has 3 aromatic rings.